The molecule has 1 aliphatic rings. The van der Waals surface area contributed by atoms with Gasteiger partial charge in [-0.2, -0.15) is 12.6 Å². The van der Waals surface area contributed by atoms with Gasteiger partial charge in [0.05, 0.1) is 0 Å². The molecule has 0 bridgehead atoms. The van der Waals surface area contributed by atoms with E-state index in [9.17, 15) is 4.79 Å². The summed E-state index contributed by atoms with van der Waals surface area (Å²) in [5.41, 5.74) is 0. The molecular weight excluding hydrogens is 158 g/mol. The molecule has 2 nitrogen and oxygen atoms in total. The number of carbonyl (C=O) groups is 1. The van der Waals surface area contributed by atoms with Gasteiger partial charge in [0.2, 0.25) is 5.91 Å². The van der Waals surface area contributed by atoms with Crippen molar-refractivity contribution in [3.63, 3.8) is 0 Å². The molecule has 0 spiro atoms. The van der Waals surface area contributed by atoms with E-state index in [1.54, 1.807) is 13.2 Å². The lowest BCUT2D eigenvalue weighted by molar-refractivity contribution is -0.129. The van der Waals surface area contributed by atoms with Gasteiger partial charge in [0.25, 0.3) is 0 Å². The lowest BCUT2D eigenvalue weighted by Crippen LogP contribution is -2.33. The van der Waals surface area contributed by atoms with Crippen molar-refractivity contribution in [2.24, 2.45) is 0 Å². The molecular formula is C8H17NOS. The van der Waals surface area contributed by atoms with Crippen molar-refractivity contribution in [3.05, 3.63) is 0 Å². The lowest BCUT2D eigenvalue weighted by atomic mass is 10.1. The van der Waals surface area contributed by atoms with Crippen LogP contribution in [0, 0.1) is 0 Å². The van der Waals surface area contributed by atoms with E-state index in [0.29, 0.717) is 0 Å². The summed E-state index contributed by atoms with van der Waals surface area (Å²) in [5, 5.41) is 0. The molecule has 3 heteroatoms. The van der Waals surface area contributed by atoms with Gasteiger partial charge in [-0.1, -0.05) is 0 Å². The van der Waals surface area contributed by atoms with Crippen LogP contribution in [0.2, 0.25) is 0 Å². The van der Waals surface area contributed by atoms with E-state index in [-0.39, 0.29) is 5.91 Å². The first-order valence-corrected chi connectivity index (χ1v) is 4.90. The standard InChI is InChI=1S/C7H13NO.CH4S/c1-7(9)8-5-3-2-4-6-8;1-2/h2-6H2,1H3;2H,1H3. The second-order valence-electron chi connectivity index (χ2n) is 2.57. The van der Waals surface area contributed by atoms with E-state index in [2.05, 4.69) is 12.6 Å². The van der Waals surface area contributed by atoms with Gasteiger partial charge in [0.1, 0.15) is 0 Å². The number of hydrogen-bond donors (Lipinski definition) is 1. The van der Waals surface area contributed by atoms with Crippen molar-refractivity contribution in [1.29, 1.82) is 0 Å². The first-order chi connectivity index (χ1) is 5.30. The largest absolute Gasteiger partial charge is 0.343 e. The first kappa shape index (κ1) is 10.8. The van der Waals surface area contributed by atoms with Gasteiger partial charge in [0.15, 0.2) is 0 Å². The maximum atomic E-state index is 10.7. The average Bonchev–Trinajstić information content (AvgIpc) is 2.10. The second-order valence-corrected chi connectivity index (χ2v) is 2.57. The fraction of sp³-hybridized carbons (Fsp3) is 0.875. The van der Waals surface area contributed by atoms with E-state index in [4.69, 9.17) is 0 Å². The highest BCUT2D eigenvalue weighted by Crippen LogP contribution is 2.07. The third-order valence-corrected chi connectivity index (χ3v) is 1.80. The zero-order valence-corrected chi connectivity index (χ0v) is 8.23. The van der Waals surface area contributed by atoms with Crippen LogP contribution in [0.4, 0.5) is 0 Å². The van der Waals surface area contributed by atoms with Crippen LogP contribution in [0.15, 0.2) is 0 Å². The van der Waals surface area contributed by atoms with Crippen LogP contribution in [0.1, 0.15) is 26.2 Å². The molecule has 66 valence electrons. The molecule has 1 amide bonds. The van der Waals surface area contributed by atoms with Crippen LogP contribution in [0.25, 0.3) is 0 Å². The quantitative estimate of drug-likeness (QED) is 0.554. The van der Waals surface area contributed by atoms with E-state index >= 15 is 0 Å². The van der Waals surface area contributed by atoms with Crippen LogP contribution in [-0.4, -0.2) is 30.2 Å². The summed E-state index contributed by atoms with van der Waals surface area (Å²) < 4.78 is 0. The third-order valence-electron chi connectivity index (χ3n) is 1.80. The minimum absolute atomic E-state index is 0.231. The molecule has 11 heavy (non-hydrogen) atoms. The summed E-state index contributed by atoms with van der Waals surface area (Å²) in [4.78, 5) is 12.6. The Bertz CT molecular complexity index is 111. The normalized spacial score (nSPS) is 16.8. The minimum atomic E-state index is 0.231. The molecule has 1 saturated heterocycles. The maximum absolute atomic E-state index is 10.7. The average molecular weight is 175 g/mol. The Hall–Kier alpha value is -0.180. The Morgan fingerprint density at radius 3 is 1.91 bits per heavy atom. The highest BCUT2D eigenvalue weighted by atomic mass is 32.1. The number of piperidine rings is 1. The van der Waals surface area contributed by atoms with Crippen LogP contribution >= 0.6 is 12.6 Å². The number of nitrogens with zero attached hydrogens (tertiary/aromatic N) is 1. The molecule has 0 radical (unpaired) electrons. The van der Waals surface area contributed by atoms with Gasteiger partial charge in [-0.3, -0.25) is 4.79 Å². The zero-order chi connectivity index (χ0) is 8.69. The van der Waals surface area contributed by atoms with E-state index < -0.39 is 0 Å². The molecule has 0 saturated carbocycles. The topological polar surface area (TPSA) is 20.3 Å². The van der Waals surface area contributed by atoms with Gasteiger partial charge in [-0.15, -0.1) is 0 Å². The van der Waals surface area contributed by atoms with Crippen LogP contribution in [0.3, 0.4) is 0 Å². The van der Waals surface area contributed by atoms with Crippen LogP contribution in [-0.2, 0) is 4.79 Å². The Morgan fingerprint density at radius 1 is 1.18 bits per heavy atom. The predicted molar refractivity (Wildman–Crippen MR) is 51.0 cm³/mol. The summed E-state index contributed by atoms with van der Waals surface area (Å²) in [6.07, 6.45) is 5.38. The Kier molecular flexibility index (Phi) is 6.42. The second kappa shape index (κ2) is 6.53. The SMILES string of the molecule is CC(=O)N1CCCCC1.CS. The molecule has 0 aromatic rings. The molecule has 0 N–H and O–H groups in total. The van der Waals surface area contributed by atoms with Crippen LogP contribution in [0.5, 0.6) is 0 Å². The summed E-state index contributed by atoms with van der Waals surface area (Å²) in [6.45, 7) is 3.61. The highest BCUT2D eigenvalue weighted by Gasteiger charge is 2.10. The highest BCUT2D eigenvalue weighted by molar-refractivity contribution is 7.79. The number of rotatable bonds is 0. The summed E-state index contributed by atoms with van der Waals surface area (Å²) in [7, 11) is 0. The van der Waals surface area contributed by atoms with Crippen molar-refractivity contribution in [1.82, 2.24) is 4.90 Å². The van der Waals surface area contributed by atoms with Gasteiger partial charge in [-0.25, -0.2) is 0 Å². The zero-order valence-electron chi connectivity index (χ0n) is 7.34. The fourth-order valence-corrected chi connectivity index (χ4v) is 1.21. The maximum Gasteiger partial charge on any atom is 0.219 e. The molecule has 1 aliphatic heterocycles. The van der Waals surface area contributed by atoms with Gasteiger partial charge >= 0.3 is 0 Å². The van der Waals surface area contributed by atoms with Gasteiger partial charge < -0.3 is 4.90 Å². The molecule has 0 aromatic carbocycles. The van der Waals surface area contributed by atoms with Crippen molar-refractivity contribution < 1.29 is 4.79 Å². The number of likely N-dealkylation sites (tertiary alicyclic amines) is 1. The van der Waals surface area contributed by atoms with E-state index in [0.717, 1.165) is 13.1 Å². The Labute approximate surface area is 74.4 Å². The molecule has 0 unspecified atom stereocenters. The number of thiol groups is 1. The predicted octanol–water partition coefficient (Wildman–Crippen LogP) is 1.56. The fourth-order valence-electron chi connectivity index (χ4n) is 1.21. The monoisotopic (exact) mass is 175 g/mol. The molecule has 0 aliphatic carbocycles. The van der Waals surface area contributed by atoms with Crippen molar-refractivity contribution in [3.8, 4) is 0 Å². The van der Waals surface area contributed by atoms with E-state index in [1.807, 2.05) is 4.90 Å². The lowest BCUT2D eigenvalue weighted by Gasteiger charge is -2.24. The molecule has 1 rings (SSSR count). The number of carbonyl (C=O) groups excluding carboxylic acids is 1. The molecule has 0 aromatic heterocycles. The molecule has 0 atom stereocenters. The summed E-state index contributed by atoms with van der Waals surface area (Å²) >= 11 is 3.53. The first-order valence-electron chi connectivity index (χ1n) is 4.01. The summed E-state index contributed by atoms with van der Waals surface area (Å²) in [5.74, 6) is 0.231. The molecule has 1 heterocycles. The van der Waals surface area contributed by atoms with Crippen molar-refractivity contribution >= 4 is 18.5 Å². The Morgan fingerprint density at radius 2 is 1.64 bits per heavy atom. The minimum Gasteiger partial charge on any atom is -0.343 e. The molecule has 1 fully saturated rings. The number of hydrogen-bond acceptors (Lipinski definition) is 2. The summed E-state index contributed by atoms with van der Waals surface area (Å²) in [6, 6.07) is 0. The van der Waals surface area contributed by atoms with Crippen molar-refractivity contribution in [2.75, 3.05) is 19.3 Å². The smallest absolute Gasteiger partial charge is 0.219 e. The Balaban J connectivity index is 0.000000461. The van der Waals surface area contributed by atoms with Gasteiger partial charge in [0, 0.05) is 20.0 Å². The van der Waals surface area contributed by atoms with Gasteiger partial charge in [-0.05, 0) is 25.5 Å². The number of amides is 1. The third kappa shape index (κ3) is 4.30. The van der Waals surface area contributed by atoms with Crippen LogP contribution < -0.4 is 0 Å². The van der Waals surface area contributed by atoms with E-state index in [1.165, 1.54) is 19.3 Å². The van der Waals surface area contributed by atoms with Crippen molar-refractivity contribution in [2.45, 2.75) is 26.2 Å².